The number of likely N-dealkylation sites (tertiary alicyclic amines) is 1. The number of hydrogen-bond acceptors (Lipinski definition) is 2. The number of hydrogen-bond donors (Lipinski definition) is 1. The van der Waals surface area contributed by atoms with Gasteiger partial charge in [0.2, 0.25) is 5.91 Å². The lowest BCUT2D eigenvalue weighted by Crippen LogP contribution is -2.34. The van der Waals surface area contributed by atoms with E-state index < -0.39 is 11.6 Å². The molecule has 1 saturated carbocycles. The van der Waals surface area contributed by atoms with Gasteiger partial charge in [0.1, 0.15) is 11.6 Å². The van der Waals surface area contributed by atoms with Crippen molar-refractivity contribution < 1.29 is 13.6 Å². The normalized spacial score (nSPS) is 31.8. The molecule has 24 heavy (non-hydrogen) atoms. The molecule has 3 nitrogen and oxygen atoms in total. The molecule has 1 aromatic rings. The quantitative estimate of drug-likeness (QED) is 0.883. The Kier molecular flexibility index (Phi) is 5.11. The van der Waals surface area contributed by atoms with Crippen molar-refractivity contribution in [3.63, 3.8) is 0 Å². The van der Waals surface area contributed by atoms with Crippen LogP contribution in [0, 0.1) is 29.4 Å². The predicted molar refractivity (Wildman–Crippen MR) is 90.1 cm³/mol. The zero-order valence-corrected chi connectivity index (χ0v) is 14.3. The van der Waals surface area contributed by atoms with Crippen molar-refractivity contribution in [3.05, 3.63) is 35.4 Å². The van der Waals surface area contributed by atoms with Crippen LogP contribution in [0.2, 0.25) is 0 Å². The van der Waals surface area contributed by atoms with Crippen LogP contribution < -0.4 is 5.32 Å². The zero-order valence-electron chi connectivity index (χ0n) is 13.5. The van der Waals surface area contributed by atoms with Crippen LogP contribution in [0.15, 0.2) is 18.2 Å². The SMILES string of the molecule is Cl.O=C(C1CC1c1cc(F)ccc1F)N1CC[C@@H]2CNC[C@@H]2CC1. The number of nitrogens with zero attached hydrogens (tertiary/aromatic N) is 1. The second-order valence-corrected chi connectivity index (χ2v) is 7.20. The number of nitrogens with one attached hydrogen (secondary N) is 1. The minimum Gasteiger partial charge on any atom is -0.342 e. The average molecular weight is 357 g/mol. The fraction of sp³-hybridized carbons (Fsp3) is 0.611. The van der Waals surface area contributed by atoms with Gasteiger partial charge >= 0.3 is 0 Å². The van der Waals surface area contributed by atoms with E-state index in [-0.39, 0.29) is 30.2 Å². The van der Waals surface area contributed by atoms with Gasteiger partial charge in [-0.3, -0.25) is 4.79 Å². The van der Waals surface area contributed by atoms with Gasteiger partial charge in [-0.15, -0.1) is 12.4 Å². The molecule has 3 aliphatic rings. The Balaban J connectivity index is 0.00000169. The Morgan fingerprint density at radius 2 is 1.79 bits per heavy atom. The van der Waals surface area contributed by atoms with E-state index in [4.69, 9.17) is 0 Å². The third kappa shape index (κ3) is 3.29. The monoisotopic (exact) mass is 356 g/mol. The van der Waals surface area contributed by atoms with Crippen LogP contribution in [0.25, 0.3) is 0 Å². The van der Waals surface area contributed by atoms with E-state index >= 15 is 0 Å². The summed E-state index contributed by atoms with van der Waals surface area (Å²) in [6.07, 6.45) is 2.74. The van der Waals surface area contributed by atoms with E-state index in [1.54, 1.807) is 0 Å². The van der Waals surface area contributed by atoms with Gasteiger partial charge in [-0.1, -0.05) is 0 Å². The van der Waals surface area contributed by atoms with E-state index in [2.05, 4.69) is 5.32 Å². The molecule has 132 valence electrons. The molecule has 2 heterocycles. The fourth-order valence-electron chi connectivity index (χ4n) is 4.28. The molecular formula is C18H23ClF2N2O. The minimum atomic E-state index is -0.436. The summed E-state index contributed by atoms with van der Waals surface area (Å²) in [6, 6.07) is 3.52. The van der Waals surface area contributed by atoms with Crippen molar-refractivity contribution in [2.45, 2.75) is 25.2 Å². The molecule has 2 saturated heterocycles. The Morgan fingerprint density at radius 1 is 1.12 bits per heavy atom. The molecule has 2 unspecified atom stereocenters. The fourth-order valence-corrected chi connectivity index (χ4v) is 4.28. The maximum Gasteiger partial charge on any atom is 0.226 e. The Bertz CT molecular complexity index is 613. The molecule has 0 aromatic heterocycles. The summed E-state index contributed by atoms with van der Waals surface area (Å²) < 4.78 is 27.2. The Morgan fingerprint density at radius 3 is 2.46 bits per heavy atom. The maximum atomic E-state index is 13.9. The lowest BCUT2D eigenvalue weighted by atomic mass is 9.92. The summed E-state index contributed by atoms with van der Waals surface area (Å²) in [5.74, 6) is 0.348. The van der Waals surface area contributed by atoms with Crippen molar-refractivity contribution in [2.75, 3.05) is 26.2 Å². The molecule has 2 aliphatic heterocycles. The summed E-state index contributed by atoms with van der Waals surface area (Å²) in [5.41, 5.74) is 0.360. The topological polar surface area (TPSA) is 32.3 Å². The lowest BCUT2D eigenvalue weighted by Gasteiger charge is -2.21. The first-order valence-corrected chi connectivity index (χ1v) is 8.58. The number of carbonyl (C=O) groups is 1. The molecule has 4 rings (SSSR count). The third-order valence-corrected chi connectivity index (χ3v) is 5.80. The lowest BCUT2D eigenvalue weighted by molar-refractivity contribution is -0.132. The number of halogens is 3. The highest BCUT2D eigenvalue weighted by molar-refractivity contribution is 5.85. The summed E-state index contributed by atoms with van der Waals surface area (Å²) in [5, 5.41) is 3.43. The summed E-state index contributed by atoms with van der Waals surface area (Å²) in [7, 11) is 0. The van der Waals surface area contributed by atoms with Crippen LogP contribution in [0.5, 0.6) is 0 Å². The van der Waals surface area contributed by atoms with Crippen molar-refractivity contribution in [2.24, 2.45) is 17.8 Å². The van der Waals surface area contributed by atoms with E-state index in [9.17, 15) is 13.6 Å². The second kappa shape index (κ2) is 6.96. The van der Waals surface area contributed by atoms with Crippen molar-refractivity contribution in [1.29, 1.82) is 0 Å². The molecule has 1 aliphatic carbocycles. The van der Waals surface area contributed by atoms with Crippen LogP contribution in [-0.2, 0) is 4.79 Å². The van der Waals surface area contributed by atoms with Gasteiger partial charge in [0.05, 0.1) is 0 Å². The molecule has 0 bridgehead atoms. The first kappa shape index (κ1) is 17.6. The standard InChI is InChI=1S/C18H22F2N2O.ClH/c19-13-1-2-17(20)15(7-13)14-8-16(14)18(23)22-5-3-11-9-21-10-12(11)4-6-22;/h1-2,7,11-12,14,16,21H,3-6,8-10H2;1H/t11-,12+,14?,16?;. The Hall–Kier alpha value is -1.20. The van der Waals surface area contributed by atoms with E-state index in [1.165, 1.54) is 6.07 Å². The highest BCUT2D eigenvalue weighted by Crippen LogP contribution is 2.49. The number of amides is 1. The number of fused-ring (bicyclic) bond motifs is 1. The van der Waals surface area contributed by atoms with Crippen molar-refractivity contribution in [1.82, 2.24) is 10.2 Å². The van der Waals surface area contributed by atoms with Crippen LogP contribution in [0.1, 0.15) is 30.7 Å². The van der Waals surface area contributed by atoms with Crippen LogP contribution in [-0.4, -0.2) is 37.0 Å². The van der Waals surface area contributed by atoms with Gasteiger partial charge in [0.15, 0.2) is 0 Å². The average Bonchev–Trinajstić information content (AvgIpc) is 3.26. The van der Waals surface area contributed by atoms with E-state index in [1.807, 2.05) is 4.90 Å². The molecule has 6 heteroatoms. The van der Waals surface area contributed by atoms with Gasteiger partial charge in [-0.25, -0.2) is 8.78 Å². The molecule has 0 spiro atoms. The van der Waals surface area contributed by atoms with Gasteiger partial charge in [0, 0.05) is 19.0 Å². The largest absolute Gasteiger partial charge is 0.342 e. The third-order valence-electron chi connectivity index (χ3n) is 5.80. The zero-order chi connectivity index (χ0) is 16.0. The number of benzene rings is 1. The highest BCUT2D eigenvalue weighted by atomic mass is 35.5. The molecular weight excluding hydrogens is 334 g/mol. The van der Waals surface area contributed by atoms with E-state index in [0.717, 1.165) is 51.2 Å². The van der Waals surface area contributed by atoms with Crippen LogP contribution in [0.4, 0.5) is 8.78 Å². The smallest absolute Gasteiger partial charge is 0.226 e. The van der Waals surface area contributed by atoms with Crippen LogP contribution in [0.3, 0.4) is 0 Å². The maximum absolute atomic E-state index is 13.9. The van der Waals surface area contributed by atoms with Gasteiger partial charge in [-0.05, 0) is 73.9 Å². The Labute approximate surface area is 147 Å². The molecule has 4 atom stereocenters. The molecule has 1 N–H and O–H groups in total. The van der Waals surface area contributed by atoms with E-state index in [0.29, 0.717) is 23.8 Å². The summed E-state index contributed by atoms with van der Waals surface area (Å²) in [4.78, 5) is 14.7. The molecule has 1 aromatic carbocycles. The van der Waals surface area contributed by atoms with Crippen LogP contribution >= 0.6 is 12.4 Å². The van der Waals surface area contributed by atoms with Gasteiger partial charge < -0.3 is 10.2 Å². The highest BCUT2D eigenvalue weighted by Gasteiger charge is 2.47. The molecule has 0 radical (unpaired) electrons. The second-order valence-electron chi connectivity index (χ2n) is 7.20. The molecule has 3 fully saturated rings. The number of rotatable bonds is 2. The first-order valence-electron chi connectivity index (χ1n) is 8.58. The summed E-state index contributed by atoms with van der Waals surface area (Å²) >= 11 is 0. The van der Waals surface area contributed by atoms with Gasteiger partial charge in [0.25, 0.3) is 0 Å². The minimum absolute atomic E-state index is 0. The van der Waals surface area contributed by atoms with Crippen molar-refractivity contribution >= 4 is 18.3 Å². The first-order chi connectivity index (χ1) is 11.1. The van der Waals surface area contributed by atoms with Crippen molar-refractivity contribution in [3.8, 4) is 0 Å². The number of carbonyl (C=O) groups excluding carboxylic acids is 1. The summed E-state index contributed by atoms with van der Waals surface area (Å²) in [6.45, 7) is 3.73. The molecule has 1 amide bonds. The van der Waals surface area contributed by atoms with Gasteiger partial charge in [-0.2, -0.15) is 0 Å². The predicted octanol–water partition coefficient (Wildman–Crippen LogP) is 2.95.